The molecule has 110 valence electrons. The van der Waals surface area contributed by atoms with E-state index in [4.69, 9.17) is 11.6 Å². The first-order valence-electron chi connectivity index (χ1n) is 6.45. The van der Waals surface area contributed by atoms with Crippen LogP contribution in [0.5, 0.6) is 0 Å². The van der Waals surface area contributed by atoms with E-state index in [1.807, 2.05) is 32.7 Å². The van der Waals surface area contributed by atoms with Gasteiger partial charge in [-0.2, -0.15) is 4.72 Å². The van der Waals surface area contributed by atoms with Crippen molar-refractivity contribution in [3.63, 3.8) is 0 Å². The molecule has 1 aromatic carbocycles. The molecular weight excluding hydrogens is 296 g/mol. The predicted molar refractivity (Wildman–Crippen MR) is 82.8 cm³/mol. The monoisotopic (exact) mass is 314 g/mol. The largest absolute Gasteiger partial charge is 0.376 e. The fourth-order valence-electron chi connectivity index (χ4n) is 2.55. The number of rotatable bonds is 3. The molecule has 1 aromatic rings. The SMILES string of the molecule is CCN(C)C1=C(c2ccc(Cl)cc2)S(=O)(=O)NC1(C)C. The van der Waals surface area contributed by atoms with Gasteiger partial charge in [0, 0.05) is 18.6 Å². The zero-order valence-electron chi connectivity index (χ0n) is 12.1. The van der Waals surface area contributed by atoms with Crippen LogP contribution in [0.2, 0.25) is 5.02 Å². The molecule has 2 rings (SSSR count). The highest BCUT2D eigenvalue weighted by Gasteiger charge is 2.44. The van der Waals surface area contributed by atoms with Crippen LogP contribution in [0.3, 0.4) is 0 Å². The van der Waals surface area contributed by atoms with Crippen molar-refractivity contribution in [3.8, 4) is 0 Å². The number of nitrogens with zero attached hydrogens (tertiary/aromatic N) is 1. The van der Waals surface area contributed by atoms with Crippen LogP contribution in [-0.4, -0.2) is 32.4 Å². The van der Waals surface area contributed by atoms with Gasteiger partial charge in [-0.15, -0.1) is 0 Å². The average molecular weight is 315 g/mol. The maximum Gasteiger partial charge on any atom is 0.243 e. The minimum Gasteiger partial charge on any atom is -0.376 e. The lowest BCUT2D eigenvalue weighted by Gasteiger charge is -2.29. The van der Waals surface area contributed by atoms with Crippen molar-refractivity contribution in [3.05, 3.63) is 40.5 Å². The zero-order chi connectivity index (χ0) is 15.1. The number of hydrogen-bond acceptors (Lipinski definition) is 3. The van der Waals surface area contributed by atoms with Gasteiger partial charge in [0.2, 0.25) is 10.0 Å². The molecule has 0 spiro atoms. The Morgan fingerprint density at radius 2 is 1.80 bits per heavy atom. The van der Waals surface area contributed by atoms with Gasteiger partial charge in [0.1, 0.15) is 4.91 Å². The lowest BCUT2D eigenvalue weighted by Crippen LogP contribution is -2.42. The van der Waals surface area contributed by atoms with Crippen LogP contribution < -0.4 is 4.72 Å². The topological polar surface area (TPSA) is 49.4 Å². The van der Waals surface area contributed by atoms with Crippen LogP contribution in [0, 0.1) is 0 Å². The van der Waals surface area contributed by atoms with Crippen molar-refractivity contribution >= 4 is 26.5 Å². The molecule has 1 aliphatic heterocycles. The molecule has 6 heteroatoms. The quantitative estimate of drug-likeness (QED) is 0.933. The van der Waals surface area contributed by atoms with Crippen LogP contribution >= 0.6 is 11.6 Å². The van der Waals surface area contributed by atoms with Crippen molar-refractivity contribution in [2.45, 2.75) is 26.3 Å². The summed E-state index contributed by atoms with van der Waals surface area (Å²) in [5.74, 6) is 0. The lowest BCUT2D eigenvalue weighted by atomic mass is 9.98. The van der Waals surface area contributed by atoms with E-state index in [9.17, 15) is 8.42 Å². The van der Waals surface area contributed by atoms with Crippen LogP contribution in [0.1, 0.15) is 26.3 Å². The zero-order valence-corrected chi connectivity index (χ0v) is 13.6. The summed E-state index contributed by atoms with van der Waals surface area (Å²) in [6.45, 7) is 6.46. The van der Waals surface area contributed by atoms with E-state index in [2.05, 4.69) is 4.72 Å². The summed E-state index contributed by atoms with van der Waals surface area (Å²) < 4.78 is 27.7. The van der Waals surface area contributed by atoms with E-state index in [0.717, 1.165) is 12.2 Å². The Bertz CT molecular complexity index is 648. The van der Waals surface area contributed by atoms with E-state index < -0.39 is 15.6 Å². The molecule has 4 nitrogen and oxygen atoms in total. The molecule has 0 atom stereocenters. The van der Waals surface area contributed by atoms with Gasteiger partial charge in [0.25, 0.3) is 0 Å². The van der Waals surface area contributed by atoms with Gasteiger partial charge in [0.05, 0.1) is 11.2 Å². The van der Waals surface area contributed by atoms with E-state index in [-0.39, 0.29) is 0 Å². The second-order valence-electron chi connectivity index (χ2n) is 5.43. The summed E-state index contributed by atoms with van der Waals surface area (Å²) in [4.78, 5) is 2.30. The normalized spacial score (nSPS) is 20.2. The summed E-state index contributed by atoms with van der Waals surface area (Å²) in [6.07, 6.45) is 0. The van der Waals surface area contributed by atoms with Crippen molar-refractivity contribution in [1.82, 2.24) is 9.62 Å². The molecule has 1 heterocycles. The number of hydrogen-bond donors (Lipinski definition) is 1. The highest BCUT2D eigenvalue weighted by Crippen LogP contribution is 2.39. The van der Waals surface area contributed by atoms with Gasteiger partial charge in [-0.3, -0.25) is 0 Å². The van der Waals surface area contributed by atoms with Crippen LogP contribution in [0.4, 0.5) is 0 Å². The predicted octanol–water partition coefficient (Wildman–Crippen LogP) is 2.67. The molecule has 0 radical (unpaired) electrons. The van der Waals surface area contributed by atoms with Gasteiger partial charge < -0.3 is 4.90 Å². The molecule has 0 saturated heterocycles. The van der Waals surface area contributed by atoms with Crippen molar-refractivity contribution in [2.75, 3.05) is 13.6 Å². The Morgan fingerprint density at radius 1 is 1.25 bits per heavy atom. The molecule has 20 heavy (non-hydrogen) atoms. The molecule has 0 aromatic heterocycles. The summed E-state index contributed by atoms with van der Waals surface area (Å²) in [5.41, 5.74) is 0.809. The number of likely N-dealkylation sites (N-methyl/N-ethyl adjacent to an activating group) is 1. The maximum absolute atomic E-state index is 12.5. The molecular formula is C14H19ClN2O2S. The van der Waals surface area contributed by atoms with Crippen LogP contribution in [-0.2, 0) is 10.0 Å². The Hall–Kier alpha value is -1.04. The van der Waals surface area contributed by atoms with Gasteiger partial charge in [-0.05, 0) is 38.5 Å². The van der Waals surface area contributed by atoms with Crippen molar-refractivity contribution in [1.29, 1.82) is 0 Å². The average Bonchev–Trinajstić information content (AvgIpc) is 2.54. The van der Waals surface area contributed by atoms with E-state index in [0.29, 0.717) is 15.5 Å². The highest BCUT2D eigenvalue weighted by atomic mass is 35.5. The number of halogens is 1. The van der Waals surface area contributed by atoms with Gasteiger partial charge >= 0.3 is 0 Å². The fraction of sp³-hybridized carbons (Fsp3) is 0.429. The minimum atomic E-state index is -3.52. The Balaban J connectivity index is 2.72. The molecule has 0 fully saturated rings. The van der Waals surface area contributed by atoms with Crippen molar-refractivity contribution in [2.24, 2.45) is 0 Å². The Kier molecular flexibility index (Phi) is 3.88. The maximum atomic E-state index is 12.5. The number of sulfonamides is 1. The van der Waals surface area contributed by atoms with Crippen LogP contribution in [0.15, 0.2) is 30.0 Å². The van der Waals surface area contributed by atoms with Gasteiger partial charge in [0.15, 0.2) is 0 Å². The molecule has 1 aliphatic rings. The molecule has 0 saturated carbocycles. The van der Waals surface area contributed by atoms with Crippen molar-refractivity contribution < 1.29 is 8.42 Å². The van der Waals surface area contributed by atoms with Gasteiger partial charge in [-0.25, -0.2) is 8.42 Å². The molecule has 0 bridgehead atoms. The number of benzene rings is 1. The Morgan fingerprint density at radius 3 is 2.30 bits per heavy atom. The molecule has 0 amide bonds. The highest BCUT2D eigenvalue weighted by molar-refractivity contribution is 7.99. The second-order valence-corrected chi connectivity index (χ2v) is 7.48. The molecule has 0 unspecified atom stereocenters. The third-order valence-corrected chi connectivity index (χ3v) is 5.43. The number of nitrogens with one attached hydrogen (secondary N) is 1. The first-order valence-corrected chi connectivity index (χ1v) is 8.31. The fourth-order valence-corrected chi connectivity index (χ4v) is 4.66. The second kappa shape index (κ2) is 5.06. The smallest absolute Gasteiger partial charge is 0.243 e. The summed E-state index contributed by atoms with van der Waals surface area (Å²) in [7, 11) is -1.62. The minimum absolute atomic E-state index is 0.337. The van der Waals surface area contributed by atoms with E-state index in [1.54, 1.807) is 24.3 Å². The molecule has 0 aliphatic carbocycles. The third-order valence-electron chi connectivity index (χ3n) is 3.43. The summed E-state index contributed by atoms with van der Waals surface area (Å²) in [5, 5.41) is 0.586. The van der Waals surface area contributed by atoms with E-state index >= 15 is 0 Å². The first-order chi connectivity index (χ1) is 9.19. The van der Waals surface area contributed by atoms with Crippen LogP contribution in [0.25, 0.3) is 4.91 Å². The summed E-state index contributed by atoms with van der Waals surface area (Å²) >= 11 is 5.88. The van der Waals surface area contributed by atoms with Gasteiger partial charge in [-0.1, -0.05) is 23.7 Å². The molecule has 1 N–H and O–H groups in total. The summed E-state index contributed by atoms with van der Waals surface area (Å²) in [6, 6.07) is 6.88. The lowest BCUT2D eigenvalue weighted by molar-refractivity contribution is 0.360. The first kappa shape index (κ1) is 15.4. The Labute approximate surface area is 125 Å². The standard InChI is InChI=1S/C14H19ClN2O2S/c1-5-17(4)13-12(10-6-8-11(15)9-7-10)20(18,19)16-14(13,2)3/h6-9,16H,5H2,1-4H3. The van der Waals surface area contributed by atoms with E-state index in [1.165, 1.54) is 0 Å². The third kappa shape index (κ3) is 2.57.